The zero-order chi connectivity index (χ0) is 72.4. The van der Waals surface area contributed by atoms with Gasteiger partial charge in [0, 0.05) is 25.7 Å². The van der Waals surface area contributed by atoms with Gasteiger partial charge >= 0.3 is 39.5 Å². The van der Waals surface area contributed by atoms with Gasteiger partial charge in [0.1, 0.15) is 19.3 Å². The Bertz CT molecular complexity index is 1920. The van der Waals surface area contributed by atoms with Crippen molar-refractivity contribution in [1.82, 2.24) is 0 Å². The Morgan fingerprint density at radius 3 is 0.724 bits per heavy atom. The highest BCUT2D eigenvalue weighted by Gasteiger charge is 2.30. The van der Waals surface area contributed by atoms with Crippen molar-refractivity contribution >= 4 is 39.5 Å². The third-order valence-electron chi connectivity index (χ3n) is 19.0. The van der Waals surface area contributed by atoms with Crippen LogP contribution in [0, 0.1) is 23.7 Å². The number of rotatable bonds is 76. The fourth-order valence-corrected chi connectivity index (χ4v) is 13.6. The van der Waals surface area contributed by atoms with Gasteiger partial charge in [0.25, 0.3) is 0 Å². The summed E-state index contributed by atoms with van der Waals surface area (Å²) in [6.45, 7) is 14.2. The molecule has 7 atom stereocenters. The van der Waals surface area contributed by atoms with Gasteiger partial charge in [-0.05, 0) is 49.4 Å². The van der Waals surface area contributed by atoms with E-state index in [1.807, 2.05) is 0 Å². The van der Waals surface area contributed by atoms with E-state index in [0.29, 0.717) is 25.7 Å². The quantitative estimate of drug-likeness (QED) is 0.0222. The van der Waals surface area contributed by atoms with Gasteiger partial charge in [-0.1, -0.05) is 351 Å². The van der Waals surface area contributed by atoms with E-state index in [4.69, 9.17) is 37.0 Å². The molecule has 0 aromatic carbocycles. The highest BCUT2D eigenvalue weighted by atomic mass is 31.2. The van der Waals surface area contributed by atoms with Crippen molar-refractivity contribution in [1.29, 1.82) is 0 Å². The van der Waals surface area contributed by atoms with Gasteiger partial charge in [-0.25, -0.2) is 9.13 Å². The van der Waals surface area contributed by atoms with Crippen LogP contribution in [-0.4, -0.2) is 96.7 Å². The van der Waals surface area contributed by atoms with Crippen molar-refractivity contribution in [2.24, 2.45) is 23.7 Å². The summed E-state index contributed by atoms with van der Waals surface area (Å²) >= 11 is 0. The van der Waals surface area contributed by atoms with Crippen LogP contribution in [0.5, 0.6) is 0 Å². The smallest absolute Gasteiger partial charge is 0.462 e. The highest BCUT2D eigenvalue weighted by molar-refractivity contribution is 7.47. The lowest BCUT2D eigenvalue weighted by Gasteiger charge is -2.21. The number of aliphatic hydroxyl groups excluding tert-OH is 1. The molecular formula is C79H154O17P2. The van der Waals surface area contributed by atoms with Crippen molar-refractivity contribution < 1.29 is 80.2 Å². The number of unbranched alkanes of at least 4 members (excludes halogenated alkanes) is 40. The van der Waals surface area contributed by atoms with Crippen LogP contribution in [-0.2, 0) is 65.4 Å². The van der Waals surface area contributed by atoms with Crippen molar-refractivity contribution in [2.45, 2.75) is 420 Å². The van der Waals surface area contributed by atoms with Crippen LogP contribution < -0.4 is 0 Å². The Morgan fingerprint density at radius 1 is 0.286 bits per heavy atom. The number of aliphatic hydroxyl groups is 1. The van der Waals surface area contributed by atoms with Crippen molar-refractivity contribution in [3.05, 3.63) is 0 Å². The summed E-state index contributed by atoms with van der Waals surface area (Å²) in [5.74, 6) is 0.987. The summed E-state index contributed by atoms with van der Waals surface area (Å²) in [4.78, 5) is 72.9. The van der Waals surface area contributed by atoms with Gasteiger partial charge in [-0.3, -0.25) is 37.3 Å². The number of ether oxygens (including phenoxy) is 4. The summed E-state index contributed by atoms with van der Waals surface area (Å²) in [7, 11) is -9.92. The predicted molar refractivity (Wildman–Crippen MR) is 400 cm³/mol. The van der Waals surface area contributed by atoms with Crippen LogP contribution in [0.3, 0.4) is 0 Å². The summed E-state index contributed by atoms with van der Waals surface area (Å²) < 4.78 is 68.6. The second kappa shape index (κ2) is 68.2. The number of hydrogen-bond acceptors (Lipinski definition) is 15. The largest absolute Gasteiger partial charge is 0.472 e. The van der Waals surface area contributed by atoms with Crippen molar-refractivity contribution in [2.75, 3.05) is 39.6 Å². The van der Waals surface area contributed by atoms with Crippen molar-refractivity contribution in [3.8, 4) is 0 Å². The standard InChI is InChI=1S/C79H154O17P2/c1-9-71(7)57-49-41-33-27-21-17-15-13-11-12-14-16-18-22-28-34-43-51-59-76(81)89-65-74(95-78(83)61-53-45-35-29-23-19-20-25-31-39-47-55-69(3)4)67-93-97(85,86)91-63-73(80)64-92-98(87,88)94-68-75(66-90-77(82)60-52-44-38-37-42-50-58-72(8)10-2)96-79(84)62-54-46-36-30-24-26-32-40-48-56-70(5)6/h69-75,80H,9-68H2,1-8H3,(H,85,86)(H,87,88)/t71?,72?,73-,74-,75-/m1/s1. The number of carbonyl (C=O) groups excluding carboxylic acids is 4. The maximum atomic E-state index is 13.1. The zero-order valence-electron chi connectivity index (χ0n) is 64.4. The number of carbonyl (C=O) groups is 4. The maximum absolute atomic E-state index is 13.1. The van der Waals surface area contributed by atoms with E-state index >= 15 is 0 Å². The molecule has 0 aliphatic carbocycles. The first kappa shape index (κ1) is 96.1. The molecule has 98 heavy (non-hydrogen) atoms. The molecule has 0 rings (SSSR count). The van der Waals surface area contributed by atoms with Gasteiger partial charge in [0.05, 0.1) is 26.4 Å². The van der Waals surface area contributed by atoms with Gasteiger partial charge in [0.15, 0.2) is 12.2 Å². The molecule has 3 N–H and O–H groups in total. The molecule has 0 saturated carbocycles. The van der Waals surface area contributed by atoms with Crippen molar-refractivity contribution in [3.63, 3.8) is 0 Å². The molecule has 0 fully saturated rings. The third-order valence-corrected chi connectivity index (χ3v) is 20.9. The van der Waals surface area contributed by atoms with E-state index in [1.165, 1.54) is 199 Å². The molecule has 0 spiro atoms. The van der Waals surface area contributed by atoms with E-state index in [9.17, 15) is 43.2 Å². The van der Waals surface area contributed by atoms with E-state index in [2.05, 4.69) is 55.4 Å². The molecule has 0 radical (unpaired) electrons. The van der Waals surface area contributed by atoms with Gasteiger partial charge < -0.3 is 33.8 Å². The fourth-order valence-electron chi connectivity index (χ4n) is 12.0. The molecule has 0 heterocycles. The topological polar surface area (TPSA) is 237 Å². The number of esters is 4. The Morgan fingerprint density at radius 2 is 0.490 bits per heavy atom. The maximum Gasteiger partial charge on any atom is 0.472 e. The van der Waals surface area contributed by atoms with Crippen LogP contribution in [0.2, 0.25) is 0 Å². The van der Waals surface area contributed by atoms with Gasteiger partial charge in [-0.2, -0.15) is 0 Å². The first-order valence-electron chi connectivity index (χ1n) is 40.8. The normalized spacial score (nSPS) is 14.6. The van der Waals surface area contributed by atoms with E-state index in [0.717, 1.165) is 120 Å². The van der Waals surface area contributed by atoms with Crippen LogP contribution in [0.1, 0.15) is 402 Å². The van der Waals surface area contributed by atoms with Crippen LogP contribution in [0.15, 0.2) is 0 Å². The summed E-state index contributed by atoms with van der Waals surface area (Å²) in [5.41, 5.74) is 0. The highest BCUT2D eigenvalue weighted by Crippen LogP contribution is 2.45. The summed E-state index contributed by atoms with van der Waals surface area (Å²) in [6, 6.07) is 0. The molecule has 4 unspecified atom stereocenters. The minimum atomic E-state index is -4.96. The average Bonchev–Trinajstić information content (AvgIpc) is 0.935. The van der Waals surface area contributed by atoms with E-state index < -0.39 is 97.5 Å². The molecule has 0 bridgehead atoms. The third kappa shape index (κ3) is 69.8. The lowest BCUT2D eigenvalue weighted by atomic mass is 9.99. The number of phosphoric acid groups is 2. The number of phosphoric ester groups is 2. The first-order valence-corrected chi connectivity index (χ1v) is 43.8. The molecule has 0 aliphatic rings. The Labute approximate surface area is 600 Å². The van der Waals surface area contributed by atoms with Crippen LogP contribution >= 0.6 is 15.6 Å². The Hall–Kier alpha value is -1.94. The summed E-state index contributed by atoms with van der Waals surface area (Å²) in [5, 5.41) is 10.6. The molecule has 0 aliphatic heterocycles. The monoisotopic (exact) mass is 1440 g/mol. The number of hydrogen-bond donors (Lipinski definition) is 3. The van der Waals surface area contributed by atoms with Gasteiger partial charge in [-0.15, -0.1) is 0 Å². The van der Waals surface area contributed by atoms with Crippen LogP contribution in [0.25, 0.3) is 0 Å². The van der Waals surface area contributed by atoms with Crippen LogP contribution in [0.4, 0.5) is 0 Å². The first-order chi connectivity index (χ1) is 47.2. The van der Waals surface area contributed by atoms with E-state index in [1.54, 1.807) is 0 Å². The van der Waals surface area contributed by atoms with Gasteiger partial charge in [0.2, 0.25) is 0 Å². The molecule has 19 heteroatoms. The molecule has 582 valence electrons. The summed E-state index contributed by atoms with van der Waals surface area (Å²) in [6.07, 6.45) is 54.2. The molecular weight excluding hydrogens is 1280 g/mol. The fraction of sp³-hybridized carbons (Fsp3) is 0.949. The lowest BCUT2D eigenvalue weighted by molar-refractivity contribution is -0.161. The SMILES string of the molecule is CCC(C)CCCCCCCCCCCCCCCCCCCCC(=O)OC[C@H](COP(=O)(O)OC[C@@H](O)COP(=O)(O)OC[C@@H](COC(=O)CCCCCCCCC(C)CC)OC(=O)CCCCCCCCCCCC(C)C)OC(=O)CCCCCCCCCCCCCC(C)C. The lowest BCUT2D eigenvalue weighted by Crippen LogP contribution is -2.30. The predicted octanol–water partition coefficient (Wildman–Crippen LogP) is 23.2. The Balaban J connectivity index is 5.19. The second-order valence-electron chi connectivity index (χ2n) is 29.9. The minimum absolute atomic E-state index is 0.104. The van der Waals surface area contributed by atoms with E-state index in [-0.39, 0.29) is 25.7 Å². The minimum Gasteiger partial charge on any atom is -0.462 e. The average molecular weight is 1440 g/mol. The molecule has 0 aromatic rings. The molecule has 0 saturated heterocycles. The zero-order valence-corrected chi connectivity index (χ0v) is 66.2. The Kier molecular flexibility index (Phi) is 66.8. The molecule has 17 nitrogen and oxygen atoms in total. The molecule has 0 aromatic heterocycles. The molecule has 0 amide bonds. The second-order valence-corrected chi connectivity index (χ2v) is 32.8.